The summed E-state index contributed by atoms with van der Waals surface area (Å²) in [6.07, 6.45) is 0. The molecule has 20 heavy (non-hydrogen) atoms. The Kier molecular flexibility index (Phi) is 4.74. The summed E-state index contributed by atoms with van der Waals surface area (Å²) in [7, 11) is 1.76. The fourth-order valence-corrected chi connectivity index (χ4v) is 2.38. The minimum absolute atomic E-state index is 0.0447. The molecule has 0 radical (unpaired) electrons. The van der Waals surface area contributed by atoms with E-state index in [4.69, 9.17) is 4.74 Å². The van der Waals surface area contributed by atoms with Crippen LogP contribution in [0.25, 0.3) is 0 Å². The van der Waals surface area contributed by atoms with Gasteiger partial charge in [0, 0.05) is 12.4 Å². The Morgan fingerprint density at radius 2 is 2.20 bits per heavy atom. The molecule has 0 fully saturated rings. The van der Waals surface area contributed by atoms with Crippen molar-refractivity contribution in [3.05, 3.63) is 45.9 Å². The van der Waals surface area contributed by atoms with Crippen LogP contribution in [0.1, 0.15) is 16.3 Å². The predicted octanol–water partition coefficient (Wildman–Crippen LogP) is 2.80. The lowest BCUT2D eigenvalue weighted by Crippen LogP contribution is -2.31. The van der Waals surface area contributed by atoms with Gasteiger partial charge in [-0.3, -0.25) is 4.79 Å². The van der Waals surface area contributed by atoms with Crippen LogP contribution in [0.5, 0.6) is 5.75 Å². The molecule has 0 saturated carbocycles. The van der Waals surface area contributed by atoms with Gasteiger partial charge >= 0.3 is 0 Å². The molecule has 2 aromatic rings. The Morgan fingerprint density at radius 3 is 2.85 bits per heavy atom. The molecule has 4 nitrogen and oxygen atoms in total. The monoisotopic (exact) mass is 290 g/mol. The molecule has 0 N–H and O–H groups in total. The zero-order valence-corrected chi connectivity index (χ0v) is 12.7. The highest BCUT2D eigenvalue weighted by Gasteiger charge is 2.11. The standard InChI is InChI=1S/C15H18N2O2S/c1-11-5-4-6-14(7-11)19-9-15(18)17(3)8-13-10-20-12(2)16-13/h4-7,10H,8-9H2,1-3H3. The maximum absolute atomic E-state index is 12.0. The summed E-state index contributed by atoms with van der Waals surface area (Å²) >= 11 is 1.59. The number of likely N-dealkylation sites (N-methyl/N-ethyl adjacent to an activating group) is 1. The van der Waals surface area contributed by atoms with Gasteiger partial charge in [-0.15, -0.1) is 11.3 Å². The van der Waals surface area contributed by atoms with Crippen molar-refractivity contribution >= 4 is 17.2 Å². The van der Waals surface area contributed by atoms with Crippen LogP contribution < -0.4 is 4.74 Å². The van der Waals surface area contributed by atoms with Crippen molar-refractivity contribution in [3.8, 4) is 5.75 Å². The number of aryl methyl sites for hydroxylation is 2. The van der Waals surface area contributed by atoms with Crippen LogP contribution in [0.4, 0.5) is 0 Å². The van der Waals surface area contributed by atoms with E-state index in [9.17, 15) is 4.79 Å². The van der Waals surface area contributed by atoms with Crippen LogP contribution in [0.2, 0.25) is 0 Å². The first kappa shape index (κ1) is 14.5. The molecular formula is C15H18N2O2S. The van der Waals surface area contributed by atoms with Crippen molar-refractivity contribution in [2.75, 3.05) is 13.7 Å². The summed E-state index contributed by atoms with van der Waals surface area (Å²) in [4.78, 5) is 18.0. The highest BCUT2D eigenvalue weighted by atomic mass is 32.1. The third-order valence-corrected chi connectivity index (χ3v) is 3.67. The topological polar surface area (TPSA) is 42.4 Å². The van der Waals surface area contributed by atoms with Gasteiger partial charge in [0.15, 0.2) is 6.61 Å². The first-order chi connectivity index (χ1) is 9.54. The second-order valence-electron chi connectivity index (χ2n) is 4.71. The summed E-state index contributed by atoms with van der Waals surface area (Å²) in [6, 6.07) is 7.67. The van der Waals surface area contributed by atoms with E-state index in [1.54, 1.807) is 23.3 Å². The number of rotatable bonds is 5. The van der Waals surface area contributed by atoms with E-state index < -0.39 is 0 Å². The van der Waals surface area contributed by atoms with Gasteiger partial charge in [0.25, 0.3) is 5.91 Å². The number of carbonyl (C=O) groups excluding carboxylic acids is 1. The van der Waals surface area contributed by atoms with Gasteiger partial charge in [-0.25, -0.2) is 4.98 Å². The number of amides is 1. The highest BCUT2D eigenvalue weighted by molar-refractivity contribution is 7.09. The molecule has 0 atom stereocenters. The van der Waals surface area contributed by atoms with Gasteiger partial charge < -0.3 is 9.64 Å². The average Bonchev–Trinajstić information content (AvgIpc) is 2.81. The second kappa shape index (κ2) is 6.52. The minimum atomic E-state index is -0.0582. The molecule has 0 saturated heterocycles. The molecule has 0 unspecified atom stereocenters. The number of hydrogen-bond donors (Lipinski definition) is 0. The number of aromatic nitrogens is 1. The minimum Gasteiger partial charge on any atom is -0.484 e. The molecule has 0 aliphatic carbocycles. The Labute approximate surface area is 123 Å². The SMILES string of the molecule is Cc1cccc(OCC(=O)N(C)Cc2csc(C)n2)c1. The lowest BCUT2D eigenvalue weighted by molar-refractivity contribution is -0.132. The van der Waals surface area contributed by atoms with Crippen LogP contribution in [0.15, 0.2) is 29.6 Å². The quantitative estimate of drug-likeness (QED) is 0.850. The number of benzene rings is 1. The van der Waals surface area contributed by atoms with E-state index >= 15 is 0 Å². The Bertz CT molecular complexity index is 595. The molecule has 5 heteroatoms. The lowest BCUT2D eigenvalue weighted by atomic mass is 10.2. The summed E-state index contributed by atoms with van der Waals surface area (Å²) in [5.74, 6) is 0.661. The first-order valence-corrected chi connectivity index (χ1v) is 7.27. The van der Waals surface area contributed by atoms with Gasteiger partial charge in [-0.05, 0) is 31.5 Å². The van der Waals surface area contributed by atoms with Gasteiger partial charge in [-0.2, -0.15) is 0 Å². The number of nitrogens with zero attached hydrogens (tertiary/aromatic N) is 2. The summed E-state index contributed by atoms with van der Waals surface area (Å²) < 4.78 is 5.50. The number of carbonyl (C=O) groups is 1. The second-order valence-corrected chi connectivity index (χ2v) is 5.78. The van der Waals surface area contributed by atoms with E-state index in [0.717, 1.165) is 22.0 Å². The van der Waals surface area contributed by atoms with E-state index in [1.165, 1.54) is 0 Å². The predicted molar refractivity (Wildman–Crippen MR) is 80.0 cm³/mol. The molecular weight excluding hydrogens is 272 g/mol. The van der Waals surface area contributed by atoms with Crippen molar-refractivity contribution < 1.29 is 9.53 Å². The fourth-order valence-electron chi connectivity index (χ4n) is 1.77. The Balaban J connectivity index is 1.85. The molecule has 2 rings (SSSR count). The van der Waals surface area contributed by atoms with Crippen molar-refractivity contribution in [2.24, 2.45) is 0 Å². The number of ether oxygens (including phenoxy) is 1. The number of thiazole rings is 1. The maximum Gasteiger partial charge on any atom is 0.260 e. The van der Waals surface area contributed by atoms with Crippen molar-refractivity contribution in [1.82, 2.24) is 9.88 Å². The zero-order valence-electron chi connectivity index (χ0n) is 11.9. The third kappa shape index (κ3) is 4.06. The van der Waals surface area contributed by atoms with Crippen LogP contribution in [-0.4, -0.2) is 29.4 Å². The molecule has 1 heterocycles. The molecule has 0 spiro atoms. The zero-order chi connectivity index (χ0) is 14.5. The van der Waals surface area contributed by atoms with Crippen molar-refractivity contribution in [1.29, 1.82) is 0 Å². The Morgan fingerprint density at radius 1 is 1.40 bits per heavy atom. The third-order valence-electron chi connectivity index (χ3n) is 2.84. The molecule has 0 bridgehead atoms. The molecule has 0 aliphatic rings. The fraction of sp³-hybridized carbons (Fsp3) is 0.333. The van der Waals surface area contributed by atoms with E-state index in [-0.39, 0.29) is 12.5 Å². The maximum atomic E-state index is 12.0. The van der Waals surface area contributed by atoms with E-state index in [0.29, 0.717) is 6.54 Å². The normalized spacial score (nSPS) is 10.3. The molecule has 1 amide bonds. The average molecular weight is 290 g/mol. The molecule has 0 aliphatic heterocycles. The first-order valence-electron chi connectivity index (χ1n) is 6.39. The smallest absolute Gasteiger partial charge is 0.260 e. The van der Waals surface area contributed by atoms with Gasteiger partial charge in [0.1, 0.15) is 5.75 Å². The van der Waals surface area contributed by atoms with Crippen molar-refractivity contribution in [3.63, 3.8) is 0 Å². The molecule has 1 aromatic carbocycles. The largest absolute Gasteiger partial charge is 0.484 e. The molecule has 1 aromatic heterocycles. The summed E-state index contributed by atoms with van der Waals surface area (Å²) in [5, 5.41) is 2.98. The van der Waals surface area contributed by atoms with Gasteiger partial charge in [0.2, 0.25) is 0 Å². The highest BCUT2D eigenvalue weighted by Crippen LogP contribution is 2.13. The molecule has 106 valence electrons. The van der Waals surface area contributed by atoms with E-state index in [2.05, 4.69) is 4.98 Å². The lowest BCUT2D eigenvalue weighted by Gasteiger charge is -2.16. The van der Waals surface area contributed by atoms with Crippen molar-refractivity contribution in [2.45, 2.75) is 20.4 Å². The van der Waals surface area contributed by atoms with Crippen LogP contribution in [-0.2, 0) is 11.3 Å². The summed E-state index contributed by atoms with van der Waals surface area (Å²) in [5.41, 5.74) is 2.03. The van der Waals surface area contributed by atoms with Crippen LogP contribution in [0.3, 0.4) is 0 Å². The van der Waals surface area contributed by atoms with Gasteiger partial charge in [-0.1, -0.05) is 12.1 Å². The van der Waals surface area contributed by atoms with Crippen LogP contribution in [0, 0.1) is 13.8 Å². The Hall–Kier alpha value is -1.88. The number of hydrogen-bond acceptors (Lipinski definition) is 4. The summed E-state index contributed by atoms with van der Waals surface area (Å²) in [6.45, 7) is 4.51. The van der Waals surface area contributed by atoms with E-state index in [1.807, 2.05) is 43.5 Å². The van der Waals surface area contributed by atoms with Crippen LogP contribution >= 0.6 is 11.3 Å². The van der Waals surface area contributed by atoms with Gasteiger partial charge in [0.05, 0.1) is 17.2 Å².